The van der Waals surface area contributed by atoms with Gasteiger partial charge in [-0.05, 0) is 45.7 Å². The highest BCUT2D eigenvalue weighted by Crippen LogP contribution is 2.15. The summed E-state index contributed by atoms with van der Waals surface area (Å²) in [6, 6.07) is 0.521. The summed E-state index contributed by atoms with van der Waals surface area (Å²) in [5.74, 6) is 0. The van der Waals surface area contributed by atoms with Crippen LogP contribution in [-0.2, 0) is 4.74 Å². The molecule has 0 aliphatic carbocycles. The van der Waals surface area contributed by atoms with Crippen molar-refractivity contribution in [2.45, 2.75) is 51.2 Å². The molecule has 0 bridgehead atoms. The van der Waals surface area contributed by atoms with Crippen molar-refractivity contribution >= 4 is 0 Å². The predicted molar refractivity (Wildman–Crippen MR) is 66.7 cm³/mol. The van der Waals surface area contributed by atoms with Crippen molar-refractivity contribution in [2.24, 2.45) is 0 Å². The van der Waals surface area contributed by atoms with Gasteiger partial charge in [0.1, 0.15) is 0 Å². The van der Waals surface area contributed by atoms with Crippen LogP contribution < -0.4 is 5.32 Å². The number of rotatable bonds is 5. The van der Waals surface area contributed by atoms with E-state index in [0.717, 1.165) is 13.2 Å². The molecule has 0 radical (unpaired) electrons. The zero-order chi connectivity index (χ0) is 11.2. The second-order valence-electron chi connectivity index (χ2n) is 5.20. The summed E-state index contributed by atoms with van der Waals surface area (Å²) in [6.07, 6.45) is 7.14. The van der Waals surface area contributed by atoms with Gasteiger partial charge in [0.2, 0.25) is 0 Å². The highest BCUT2D eigenvalue weighted by molar-refractivity contribution is 4.77. The molecule has 2 fully saturated rings. The summed E-state index contributed by atoms with van der Waals surface area (Å²) in [7, 11) is 0. The molecule has 2 unspecified atom stereocenters. The topological polar surface area (TPSA) is 24.5 Å². The first-order valence-corrected chi connectivity index (χ1v) is 6.93. The lowest BCUT2D eigenvalue weighted by molar-refractivity contribution is 0.0823. The Morgan fingerprint density at radius 3 is 2.75 bits per heavy atom. The van der Waals surface area contributed by atoms with Gasteiger partial charge in [-0.2, -0.15) is 0 Å². The first kappa shape index (κ1) is 12.3. The zero-order valence-corrected chi connectivity index (χ0v) is 10.6. The molecule has 94 valence electrons. The Kier molecular flexibility index (Phi) is 5.07. The molecule has 2 aliphatic heterocycles. The average Bonchev–Trinajstić information content (AvgIpc) is 2.84. The lowest BCUT2D eigenvalue weighted by Crippen LogP contribution is -2.42. The van der Waals surface area contributed by atoms with Crippen molar-refractivity contribution in [1.82, 2.24) is 10.2 Å². The maximum atomic E-state index is 5.68. The van der Waals surface area contributed by atoms with Gasteiger partial charge in [-0.1, -0.05) is 6.42 Å². The van der Waals surface area contributed by atoms with E-state index < -0.39 is 0 Å². The largest absolute Gasteiger partial charge is 0.377 e. The van der Waals surface area contributed by atoms with E-state index in [1.165, 1.54) is 51.7 Å². The zero-order valence-electron chi connectivity index (χ0n) is 10.6. The molecule has 2 heterocycles. The Hall–Kier alpha value is -0.120. The molecule has 0 saturated carbocycles. The monoisotopic (exact) mass is 226 g/mol. The molecule has 3 nitrogen and oxygen atoms in total. The van der Waals surface area contributed by atoms with E-state index in [1.54, 1.807) is 0 Å². The summed E-state index contributed by atoms with van der Waals surface area (Å²) in [5.41, 5.74) is 0. The van der Waals surface area contributed by atoms with E-state index in [4.69, 9.17) is 4.74 Å². The van der Waals surface area contributed by atoms with E-state index in [-0.39, 0.29) is 0 Å². The molecule has 0 aromatic carbocycles. The second-order valence-corrected chi connectivity index (χ2v) is 5.20. The summed E-state index contributed by atoms with van der Waals surface area (Å²) in [4.78, 5) is 2.58. The van der Waals surface area contributed by atoms with E-state index in [9.17, 15) is 0 Å². The van der Waals surface area contributed by atoms with Gasteiger partial charge in [0.15, 0.2) is 0 Å². The number of hydrogen-bond donors (Lipinski definition) is 1. The fourth-order valence-corrected chi connectivity index (χ4v) is 2.76. The molecular weight excluding hydrogens is 200 g/mol. The lowest BCUT2D eigenvalue weighted by Gasteiger charge is -2.28. The molecule has 2 rings (SSSR count). The van der Waals surface area contributed by atoms with Crippen molar-refractivity contribution in [3.8, 4) is 0 Å². The van der Waals surface area contributed by atoms with Crippen LogP contribution in [0.3, 0.4) is 0 Å². The van der Waals surface area contributed by atoms with Crippen LogP contribution >= 0.6 is 0 Å². The molecule has 2 aliphatic rings. The average molecular weight is 226 g/mol. The minimum absolute atomic E-state index is 0.460. The van der Waals surface area contributed by atoms with Gasteiger partial charge in [-0.15, -0.1) is 0 Å². The molecule has 2 atom stereocenters. The van der Waals surface area contributed by atoms with Gasteiger partial charge in [-0.3, -0.25) is 0 Å². The van der Waals surface area contributed by atoms with Crippen LogP contribution in [-0.4, -0.2) is 49.8 Å². The predicted octanol–water partition coefficient (Wildman–Crippen LogP) is 1.63. The number of likely N-dealkylation sites (tertiary alicyclic amines) is 1. The Bertz CT molecular complexity index is 186. The highest BCUT2D eigenvalue weighted by Gasteiger charge is 2.21. The molecule has 0 aromatic heterocycles. The van der Waals surface area contributed by atoms with Crippen molar-refractivity contribution in [3.63, 3.8) is 0 Å². The molecule has 0 aromatic rings. The third-order valence-electron chi connectivity index (χ3n) is 3.87. The van der Waals surface area contributed by atoms with Gasteiger partial charge in [0, 0.05) is 25.7 Å². The van der Waals surface area contributed by atoms with Crippen LogP contribution in [0.5, 0.6) is 0 Å². The summed E-state index contributed by atoms with van der Waals surface area (Å²) in [6.45, 7) is 8.14. The van der Waals surface area contributed by atoms with Crippen molar-refractivity contribution in [1.29, 1.82) is 0 Å². The molecule has 0 amide bonds. The number of nitrogens with zero attached hydrogens (tertiary/aromatic N) is 1. The fourth-order valence-electron chi connectivity index (χ4n) is 2.76. The molecule has 1 N–H and O–H groups in total. The van der Waals surface area contributed by atoms with Gasteiger partial charge in [0.25, 0.3) is 0 Å². The Morgan fingerprint density at radius 2 is 2.06 bits per heavy atom. The van der Waals surface area contributed by atoms with Crippen LogP contribution in [0, 0.1) is 0 Å². The van der Waals surface area contributed by atoms with Gasteiger partial charge >= 0.3 is 0 Å². The van der Waals surface area contributed by atoms with Crippen LogP contribution in [0.25, 0.3) is 0 Å². The van der Waals surface area contributed by atoms with E-state index in [0.29, 0.717) is 12.1 Å². The third kappa shape index (κ3) is 3.72. The first-order chi connectivity index (χ1) is 7.86. The molecule has 16 heavy (non-hydrogen) atoms. The minimum atomic E-state index is 0.460. The summed E-state index contributed by atoms with van der Waals surface area (Å²) < 4.78 is 5.68. The number of nitrogens with one attached hydrogen (secondary N) is 1. The Balaban J connectivity index is 1.56. The lowest BCUT2D eigenvalue weighted by atomic mass is 10.1. The molecule has 3 heteroatoms. The second kappa shape index (κ2) is 6.58. The van der Waals surface area contributed by atoms with Gasteiger partial charge in [0.05, 0.1) is 6.10 Å². The Labute approximate surface area is 99.5 Å². The normalized spacial score (nSPS) is 29.4. The van der Waals surface area contributed by atoms with Crippen molar-refractivity contribution < 1.29 is 4.74 Å². The van der Waals surface area contributed by atoms with Crippen LogP contribution in [0.1, 0.15) is 39.0 Å². The van der Waals surface area contributed by atoms with Crippen molar-refractivity contribution in [3.05, 3.63) is 0 Å². The van der Waals surface area contributed by atoms with E-state index >= 15 is 0 Å². The summed E-state index contributed by atoms with van der Waals surface area (Å²) >= 11 is 0. The number of piperidine rings is 1. The fraction of sp³-hybridized carbons (Fsp3) is 1.00. The number of hydrogen-bond acceptors (Lipinski definition) is 3. The first-order valence-electron chi connectivity index (χ1n) is 6.93. The van der Waals surface area contributed by atoms with Crippen LogP contribution in [0.4, 0.5) is 0 Å². The standard InChI is InChI=1S/C13H26N2O/c1-12(13-6-5-11-16-13)14-7-10-15-8-3-2-4-9-15/h12-14H,2-11H2,1H3. The molecule has 2 saturated heterocycles. The van der Waals surface area contributed by atoms with Crippen molar-refractivity contribution in [2.75, 3.05) is 32.8 Å². The van der Waals surface area contributed by atoms with Gasteiger partial charge < -0.3 is 15.0 Å². The Morgan fingerprint density at radius 1 is 1.25 bits per heavy atom. The summed E-state index contributed by atoms with van der Waals surface area (Å²) in [5, 5.41) is 3.61. The quantitative estimate of drug-likeness (QED) is 0.771. The maximum absolute atomic E-state index is 5.68. The SMILES string of the molecule is CC(NCCN1CCCCC1)C1CCCO1. The minimum Gasteiger partial charge on any atom is -0.377 e. The van der Waals surface area contributed by atoms with E-state index in [2.05, 4.69) is 17.1 Å². The highest BCUT2D eigenvalue weighted by atomic mass is 16.5. The third-order valence-corrected chi connectivity index (χ3v) is 3.87. The molecular formula is C13H26N2O. The van der Waals surface area contributed by atoms with E-state index in [1.807, 2.05) is 0 Å². The van der Waals surface area contributed by atoms with Crippen LogP contribution in [0.15, 0.2) is 0 Å². The number of ether oxygens (including phenoxy) is 1. The molecule has 0 spiro atoms. The van der Waals surface area contributed by atoms with Gasteiger partial charge in [-0.25, -0.2) is 0 Å². The smallest absolute Gasteiger partial charge is 0.0726 e. The maximum Gasteiger partial charge on any atom is 0.0726 e. The van der Waals surface area contributed by atoms with Crippen LogP contribution in [0.2, 0.25) is 0 Å².